The zero-order valence-electron chi connectivity index (χ0n) is 10.3. The predicted molar refractivity (Wildman–Crippen MR) is 63.2 cm³/mol. The first-order valence-corrected chi connectivity index (χ1v) is 6.44. The lowest BCUT2D eigenvalue weighted by molar-refractivity contribution is -0.530. The van der Waals surface area contributed by atoms with Gasteiger partial charge < -0.3 is 24.0 Å². The maximum atomic E-state index is 2.53. The third kappa shape index (κ3) is 6.54. The average molecular weight is 323 g/mol. The smallest absolute Gasteiger partial charge is 0.145 e. The Kier molecular flexibility index (Phi) is 9.87. The summed E-state index contributed by atoms with van der Waals surface area (Å²) in [7, 11) is 0. The number of nitrogens with zero attached hydrogens (tertiary/aromatic N) is 1. The first kappa shape index (κ1) is 15.4. The minimum Gasteiger partial charge on any atom is -1.00 e. The van der Waals surface area contributed by atoms with Crippen LogP contribution in [0, 0.1) is 5.92 Å². The predicted octanol–water partition coefficient (Wildman–Crippen LogP) is 0.474. The molecule has 2 heteroatoms. The lowest BCUT2D eigenvalue weighted by Gasteiger charge is -2.22. The van der Waals surface area contributed by atoms with Gasteiger partial charge in [0.25, 0.3) is 0 Å². The molecule has 0 aromatic rings. The quantitative estimate of drug-likeness (QED) is 0.277. The van der Waals surface area contributed by atoms with Gasteiger partial charge in [-0.3, -0.25) is 0 Å². The van der Waals surface area contributed by atoms with Gasteiger partial charge in [-0.1, -0.05) is 26.2 Å². The van der Waals surface area contributed by atoms with Crippen molar-refractivity contribution in [2.45, 2.75) is 58.8 Å². The zero-order valence-corrected chi connectivity index (χ0v) is 12.5. The molecule has 1 aliphatic carbocycles. The van der Waals surface area contributed by atoms with Crippen molar-refractivity contribution in [3.8, 4) is 0 Å². The van der Waals surface area contributed by atoms with Crippen LogP contribution in [0.4, 0.5) is 0 Å². The van der Waals surface area contributed by atoms with Gasteiger partial charge in [0.15, 0.2) is 0 Å². The van der Waals surface area contributed by atoms with Crippen molar-refractivity contribution in [2.24, 2.45) is 5.92 Å². The van der Waals surface area contributed by atoms with Gasteiger partial charge >= 0.3 is 0 Å². The first-order chi connectivity index (χ1) is 6.86. The van der Waals surface area contributed by atoms with Crippen LogP contribution in [0.5, 0.6) is 0 Å². The second-order valence-electron chi connectivity index (χ2n) is 4.56. The Hall–Kier alpha value is 0.400. The Labute approximate surface area is 112 Å². The number of hydrogen-bond acceptors (Lipinski definition) is 0. The highest BCUT2D eigenvalue weighted by Gasteiger charge is 2.21. The van der Waals surface area contributed by atoms with Gasteiger partial charge in [0.1, 0.15) is 19.3 Å². The van der Waals surface area contributed by atoms with Crippen LogP contribution in [0.3, 0.4) is 0 Å². The molecule has 0 N–H and O–H groups in total. The van der Waals surface area contributed by atoms with Crippen molar-refractivity contribution in [3.05, 3.63) is 0 Å². The minimum atomic E-state index is 0. The van der Waals surface area contributed by atoms with Crippen LogP contribution in [-0.4, -0.2) is 23.9 Å². The summed E-state index contributed by atoms with van der Waals surface area (Å²) in [4.78, 5) is 0. The van der Waals surface area contributed by atoms with E-state index in [1.165, 1.54) is 58.0 Å². The van der Waals surface area contributed by atoms with E-state index in [1.54, 1.807) is 0 Å². The third-order valence-corrected chi connectivity index (χ3v) is 3.32. The van der Waals surface area contributed by atoms with Gasteiger partial charge in [-0.05, 0) is 26.2 Å². The van der Waals surface area contributed by atoms with Crippen LogP contribution >= 0.6 is 0 Å². The fourth-order valence-electron chi connectivity index (χ4n) is 2.01. The Morgan fingerprint density at radius 2 is 1.93 bits per heavy atom. The maximum Gasteiger partial charge on any atom is 0.145 e. The Bertz CT molecular complexity index is 173. The zero-order chi connectivity index (χ0) is 10.2. The van der Waals surface area contributed by atoms with E-state index in [1.807, 2.05) is 0 Å². The fourth-order valence-corrected chi connectivity index (χ4v) is 2.01. The van der Waals surface area contributed by atoms with Gasteiger partial charge in [0.05, 0.1) is 0 Å². The van der Waals surface area contributed by atoms with Crippen LogP contribution < -0.4 is 24.0 Å². The van der Waals surface area contributed by atoms with E-state index in [0.717, 1.165) is 5.92 Å². The highest BCUT2D eigenvalue weighted by atomic mass is 127. The summed E-state index contributed by atoms with van der Waals surface area (Å²) in [6.45, 7) is 7.06. The normalized spacial score (nSPS) is 17.1. The third-order valence-electron chi connectivity index (χ3n) is 3.32. The Morgan fingerprint density at radius 3 is 2.40 bits per heavy atom. The molecule has 0 bridgehead atoms. The molecule has 0 aromatic carbocycles. The molecule has 0 radical (unpaired) electrons. The Balaban J connectivity index is 0.00000196. The Morgan fingerprint density at radius 1 is 1.20 bits per heavy atom. The van der Waals surface area contributed by atoms with Crippen LogP contribution in [0.2, 0.25) is 0 Å². The van der Waals surface area contributed by atoms with E-state index < -0.39 is 0 Å². The molecule has 0 saturated heterocycles. The molecule has 0 unspecified atom stereocenters. The van der Waals surface area contributed by atoms with Crippen molar-refractivity contribution in [1.82, 2.24) is 0 Å². The standard InChI is InChI=1S/C13H26N.HI/c1-3-5-6-7-11-14(4-2)12-13-9-8-10-13;/h11,13H,3-10,12H2,1-2H3;1H/q+1;/p-1. The van der Waals surface area contributed by atoms with E-state index in [9.17, 15) is 0 Å². The van der Waals surface area contributed by atoms with Gasteiger partial charge in [0, 0.05) is 12.3 Å². The molecule has 90 valence electrons. The molecule has 0 heterocycles. The second-order valence-corrected chi connectivity index (χ2v) is 4.56. The highest BCUT2D eigenvalue weighted by Crippen LogP contribution is 2.26. The monoisotopic (exact) mass is 323 g/mol. The molecule has 1 aliphatic rings. The topological polar surface area (TPSA) is 3.01 Å². The molecule has 15 heavy (non-hydrogen) atoms. The molecule has 1 rings (SSSR count). The molecule has 0 spiro atoms. The largest absolute Gasteiger partial charge is 1.00 e. The van der Waals surface area contributed by atoms with Gasteiger partial charge in [-0.15, -0.1) is 0 Å². The molecule has 1 nitrogen and oxygen atoms in total. The second kappa shape index (κ2) is 9.61. The van der Waals surface area contributed by atoms with Crippen LogP contribution in [0.1, 0.15) is 58.8 Å². The van der Waals surface area contributed by atoms with E-state index in [4.69, 9.17) is 0 Å². The van der Waals surface area contributed by atoms with E-state index in [-0.39, 0.29) is 24.0 Å². The first-order valence-electron chi connectivity index (χ1n) is 6.44. The van der Waals surface area contributed by atoms with Crippen LogP contribution in [0.25, 0.3) is 0 Å². The summed E-state index contributed by atoms with van der Waals surface area (Å²) < 4.78 is 2.53. The molecule has 1 fully saturated rings. The lowest BCUT2D eigenvalue weighted by atomic mass is 9.85. The summed E-state index contributed by atoms with van der Waals surface area (Å²) >= 11 is 0. The van der Waals surface area contributed by atoms with E-state index >= 15 is 0 Å². The van der Waals surface area contributed by atoms with Crippen LogP contribution in [0.15, 0.2) is 0 Å². The number of rotatable bonds is 7. The fraction of sp³-hybridized carbons (Fsp3) is 0.923. The summed E-state index contributed by atoms with van der Waals surface area (Å²) in [5.41, 5.74) is 0. The summed E-state index contributed by atoms with van der Waals surface area (Å²) in [6.07, 6.45) is 12.2. The van der Waals surface area contributed by atoms with Crippen molar-refractivity contribution in [2.75, 3.05) is 13.1 Å². The summed E-state index contributed by atoms with van der Waals surface area (Å²) in [6, 6.07) is 0. The van der Waals surface area contributed by atoms with Crippen molar-refractivity contribution < 1.29 is 28.6 Å². The maximum absolute atomic E-state index is 2.53. The van der Waals surface area contributed by atoms with Crippen molar-refractivity contribution >= 4 is 6.21 Å². The number of unbranched alkanes of at least 4 members (excludes halogenated alkanes) is 3. The van der Waals surface area contributed by atoms with E-state index in [0.29, 0.717) is 0 Å². The molecule has 1 saturated carbocycles. The molecule has 0 amide bonds. The number of hydrogen-bond donors (Lipinski definition) is 0. The van der Waals surface area contributed by atoms with Crippen LogP contribution in [-0.2, 0) is 0 Å². The average Bonchev–Trinajstić information content (AvgIpc) is 2.14. The summed E-state index contributed by atoms with van der Waals surface area (Å²) in [5, 5.41) is 0. The molecular weight excluding hydrogens is 297 g/mol. The van der Waals surface area contributed by atoms with Gasteiger partial charge in [0.2, 0.25) is 0 Å². The summed E-state index contributed by atoms with van der Waals surface area (Å²) in [5.74, 6) is 1.01. The molecular formula is C13H26IN. The van der Waals surface area contributed by atoms with Crippen molar-refractivity contribution in [3.63, 3.8) is 0 Å². The lowest BCUT2D eigenvalue weighted by Crippen LogP contribution is -3.00. The SMILES string of the molecule is CCCCCC=[N+](CC)CC1CCC1.[I-]. The van der Waals surface area contributed by atoms with Gasteiger partial charge in [-0.2, -0.15) is 0 Å². The van der Waals surface area contributed by atoms with E-state index in [2.05, 4.69) is 24.6 Å². The highest BCUT2D eigenvalue weighted by molar-refractivity contribution is 5.50. The number of halogens is 1. The molecule has 0 aliphatic heterocycles. The molecule has 0 atom stereocenters. The van der Waals surface area contributed by atoms with Crippen molar-refractivity contribution in [1.29, 1.82) is 0 Å². The van der Waals surface area contributed by atoms with Gasteiger partial charge in [-0.25, -0.2) is 4.58 Å². The molecule has 0 aromatic heterocycles. The minimum absolute atomic E-state index is 0.